The van der Waals surface area contributed by atoms with Gasteiger partial charge in [-0.05, 0) is 43.0 Å². The molecule has 21 heavy (non-hydrogen) atoms. The molecule has 0 saturated carbocycles. The van der Waals surface area contributed by atoms with Gasteiger partial charge in [0.25, 0.3) is 0 Å². The lowest BCUT2D eigenvalue weighted by Crippen LogP contribution is -2.58. The maximum absolute atomic E-state index is 10.8. The van der Waals surface area contributed by atoms with E-state index in [1.54, 1.807) is 0 Å². The standard InChI is InChI=1S/C17H22N2O2/c20-13-18-11-15-3-1-14(2-4-15)5-8-17(21)12-19-9-6-16(17)7-10-19/h1-5,8,13,16,21H,6-7,9-12H2,(H,18,20)/b8-5+. The van der Waals surface area contributed by atoms with Crippen LogP contribution in [0.1, 0.15) is 24.0 Å². The molecule has 2 N–H and O–H groups in total. The molecule has 3 aliphatic rings. The van der Waals surface area contributed by atoms with E-state index in [1.807, 2.05) is 36.4 Å². The van der Waals surface area contributed by atoms with E-state index in [0.717, 1.165) is 43.6 Å². The van der Waals surface area contributed by atoms with Crippen LogP contribution in [0.5, 0.6) is 0 Å². The smallest absolute Gasteiger partial charge is 0.207 e. The third-order valence-corrected chi connectivity index (χ3v) is 4.71. The molecule has 4 rings (SSSR count). The Kier molecular flexibility index (Phi) is 4.08. The molecular formula is C17H22N2O2. The van der Waals surface area contributed by atoms with Crippen molar-refractivity contribution in [2.45, 2.75) is 25.0 Å². The van der Waals surface area contributed by atoms with Crippen molar-refractivity contribution in [2.24, 2.45) is 5.92 Å². The average molecular weight is 286 g/mol. The molecule has 4 nitrogen and oxygen atoms in total. The number of hydrogen-bond acceptors (Lipinski definition) is 3. The minimum Gasteiger partial charge on any atom is -0.384 e. The highest BCUT2D eigenvalue weighted by Crippen LogP contribution is 2.36. The van der Waals surface area contributed by atoms with Crippen LogP contribution in [0.4, 0.5) is 0 Å². The molecule has 3 heterocycles. The van der Waals surface area contributed by atoms with Gasteiger partial charge in [0.05, 0.1) is 5.60 Å². The third-order valence-electron chi connectivity index (χ3n) is 4.71. The average Bonchev–Trinajstić information content (AvgIpc) is 2.53. The van der Waals surface area contributed by atoms with E-state index in [4.69, 9.17) is 0 Å². The minimum atomic E-state index is -0.672. The lowest BCUT2D eigenvalue weighted by Gasteiger charge is -2.49. The summed E-state index contributed by atoms with van der Waals surface area (Å²) in [6, 6.07) is 8.03. The van der Waals surface area contributed by atoms with Crippen molar-refractivity contribution >= 4 is 12.5 Å². The zero-order chi connectivity index (χ0) is 14.7. The summed E-state index contributed by atoms with van der Waals surface area (Å²) in [5.41, 5.74) is 1.48. The van der Waals surface area contributed by atoms with Gasteiger partial charge in [-0.2, -0.15) is 0 Å². The number of nitrogens with zero attached hydrogens (tertiary/aromatic N) is 1. The first-order chi connectivity index (χ1) is 10.2. The zero-order valence-electron chi connectivity index (χ0n) is 12.2. The molecule has 1 atom stereocenters. The summed E-state index contributed by atoms with van der Waals surface area (Å²) >= 11 is 0. The highest BCUT2D eigenvalue weighted by molar-refractivity contribution is 5.52. The van der Waals surface area contributed by atoms with Gasteiger partial charge >= 0.3 is 0 Å². The quantitative estimate of drug-likeness (QED) is 0.805. The number of piperidine rings is 3. The van der Waals surface area contributed by atoms with E-state index in [1.165, 1.54) is 0 Å². The number of benzene rings is 1. The molecule has 1 aromatic carbocycles. The van der Waals surface area contributed by atoms with Crippen molar-refractivity contribution in [3.63, 3.8) is 0 Å². The van der Waals surface area contributed by atoms with Crippen LogP contribution in [0.3, 0.4) is 0 Å². The molecule has 112 valence electrons. The Bertz CT molecular complexity index is 518. The van der Waals surface area contributed by atoms with Crippen molar-refractivity contribution in [1.29, 1.82) is 0 Å². The fraction of sp³-hybridized carbons (Fsp3) is 0.471. The summed E-state index contributed by atoms with van der Waals surface area (Å²) in [6.07, 6.45) is 6.88. The predicted molar refractivity (Wildman–Crippen MR) is 82.5 cm³/mol. The Morgan fingerprint density at radius 1 is 1.29 bits per heavy atom. The molecule has 3 fully saturated rings. The summed E-state index contributed by atoms with van der Waals surface area (Å²) in [5, 5.41) is 13.5. The third kappa shape index (κ3) is 3.17. The van der Waals surface area contributed by atoms with Crippen molar-refractivity contribution < 1.29 is 9.90 Å². The Hall–Kier alpha value is -1.65. The second-order valence-corrected chi connectivity index (χ2v) is 6.12. The van der Waals surface area contributed by atoms with Gasteiger partial charge in [0.2, 0.25) is 6.41 Å². The van der Waals surface area contributed by atoms with Gasteiger partial charge in [-0.25, -0.2) is 0 Å². The molecule has 3 aliphatic heterocycles. The topological polar surface area (TPSA) is 52.6 Å². The molecular weight excluding hydrogens is 264 g/mol. The zero-order valence-corrected chi connectivity index (χ0v) is 12.2. The van der Waals surface area contributed by atoms with Gasteiger partial charge in [0.1, 0.15) is 0 Å². The van der Waals surface area contributed by atoms with E-state index in [-0.39, 0.29) is 0 Å². The first-order valence-corrected chi connectivity index (χ1v) is 7.59. The molecule has 2 bridgehead atoms. The van der Waals surface area contributed by atoms with Crippen LogP contribution in [0.2, 0.25) is 0 Å². The monoisotopic (exact) mass is 286 g/mol. The lowest BCUT2D eigenvalue weighted by molar-refractivity contribution is -0.109. The summed E-state index contributed by atoms with van der Waals surface area (Å²) < 4.78 is 0. The second kappa shape index (κ2) is 6.00. The SMILES string of the molecule is O=CNCc1ccc(/C=C/C2(O)CN3CCC2CC3)cc1. The Balaban J connectivity index is 1.66. The van der Waals surface area contributed by atoms with Crippen LogP contribution < -0.4 is 5.32 Å². The maximum atomic E-state index is 10.8. The molecule has 0 aromatic heterocycles. The van der Waals surface area contributed by atoms with E-state index < -0.39 is 5.60 Å². The summed E-state index contributed by atoms with van der Waals surface area (Å²) in [6.45, 7) is 3.56. The van der Waals surface area contributed by atoms with Crippen LogP contribution in [-0.2, 0) is 11.3 Å². The molecule has 0 aliphatic carbocycles. The molecule has 4 heteroatoms. The van der Waals surface area contributed by atoms with E-state index in [9.17, 15) is 9.90 Å². The number of amides is 1. The van der Waals surface area contributed by atoms with E-state index >= 15 is 0 Å². The lowest BCUT2D eigenvalue weighted by atomic mass is 9.75. The Morgan fingerprint density at radius 3 is 2.57 bits per heavy atom. The number of carbonyl (C=O) groups excluding carboxylic acids is 1. The summed E-state index contributed by atoms with van der Waals surface area (Å²) in [7, 11) is 0. The first-order valence-electron chi connectivity index (χ1n) is 7.59. The number of fused-ring (bicyclic) bond motifs is 3. The fourth-order valence-corrected chi connectivity index (χ4v) is 3.41. The van der Waals surface area contributed by atoms with Gasteiger partial charge in [0, 0.05) is 13.1 Å². The number of nitrogens with one attached hydrogen (secondary N) is 1. The molecule has 1 amide bonds. The van der Waals surface area contributed by atoms with Crippen LogP contribution in [0.15, 0.2) is 30.3 Å². The largest absolute Gasteiger partial charge is 0.384 e. The Labute approximate surface area is 125 Å². The van der Waals surface area contributed by atoms with Crippen molar-refractivity contribution in [2.75, 3.05) is 19.6 Å². The molecule has 0 spiro atoms. The van der Waals surface area contributed by atoms with Crippen molar-refractivity contribution in [1.82, 2.24) is 10.2 Å². The van der Waals surface area contributed by atoms with Crippen LogP contribution in [-0.4, -0.2) is 41.7 Å². The Morgan fingerprint density at radius 2 is 2.00 bits per heavy atom. The number of rotatable bonds is 5. The molecule has 3 saturated heterocycles. The number of aliphatic hydroxyl groups is 1. The highest BCUT2D eigenvalue weighted by atomic mass is 16.3. The van der Waals surface area contributed by atoms with Gasteiger partial charge in [-0.15, -0.1) is 0 Å². The summed E-state index contributed by atoms with van der Waals surface area (Å²) in [4.78, 5) is 12.6. The molecule has 1 aromatic rings. The number of carbonyl (C=O) groups is 1. The van der Waals surface area contributed by atoms with E-state index in [2.05, 4.69) is 10.2 Å². The summed E-state index contributed by atoms with van der Waals surface area (Å²) in [5.74, 6) is 0.398. The van der Waals surface area contributed by atoms with Crippen LogP contribution in [0.25, 0.3) is 6.08 Å². The molecule has 1 unspecified atom stereocenters. The minimum absolute atomic E-state index is 0.398. The van der Waals surface area contributed by atoms with Gasteiger partial charge in [-0.1, -0.05) is 36.4 Å². The van der Waals surface area contributed by atoms with E-state index in [0.29, 0.717) is 18.9 Å². The normalized spacial score (nSPS) is 31.5. The maximum Gasteiger partial charge on any atom is 0.207 e. The van der Waals surface area contributed by atoms with Crippen molar-refractivity contribution in [3.8, 4) is 0 Å². The van der Waals surface area contributed by atoms with Crippen molar-refractivity contribution in [3.05, 3.63) is 41.5 Å². The number of hydrogen-bond donors (Lipinski definition) is 2. The van der Waals surface area contributed by atoms with Gasteiger partial charge in [0.15, 0.2) is 0 Å². The fourth-order valence-electron chi connectivity index (χ4n) is 3.41. The van der Waals surface area contributed by atoms with Gasteiger partial charge in [-0.3, -0.25) is 4.79 Å². The first kappa shape index (κ1) is 14.3. The predicted octanol–water partition coefficient (Wildman–Crippen LogP) is 1.40. The van der Waals surface area contributed by atoms with Crippen LogP contribution in [0, 0.1) is 5.92 Å². The highest BCUT2D eigenvalue weighted by Gasteiger charge is 2.43. The van der Waals surface area contributed by atoms with Gasteiger partial charge < -0.3 is 15.3 Å². The molecule has 0 radical (unpaired) electrons. The second-order valence-electron chi connectivity index (χ2n) is 6.12. The van der Waals surface area contributed by atoms with Crippen LogP contribution >= 0.6 is 0 Å².